The zero-order valence-electron chi connectivity index (χ0n) is 7.82. The summed E-state index contributed by atoms with van der Waals surface area (Å²) >= 11 is 0. The van der Waals surface area contributed by atoms with Crippen LogP contribution in [-0.4, -0.2) is 34.5 Å². The van der Waals surface area contributed by atoms with Crippen LogP contribution in [0.15, 0.2) is 0 Å². The molecule has 1 atom stereocenters. The Labute approximate surface area is 77.5 Å². The molecule has 1 aliphatic rings. The third-order valence-corrected chi connectivity index (χ3v) is 2.47. The van der Waals surface area contributed by atoms with Crippen molar-refractivity contribution >= 4 is 11.9 Å². The molecule has 13 heavy (non-hydrogen) atoms. The first-order valence-electron chi connectivity index (χ1n) is 4.66. The fraction of sp³-hybridized carbons (Fsp3) is 0.778. The monoisotopic (exact) mass is 185 g/mol. The van der Waals surface area contributed by atoms with E-state index in [1.54, 1.807) is 4.90 Å². The first-order valence-corrected chi connectivity index (χ1v) is 4.66. The molecule has 0 aromatic rings. The number of amides is 1. The molecule has 0 bridgehead atoms. The van der Waals surface area contributed by atoms with Crippen LogP contribution in [0.1, 0.15) is 32.6 Å². The lowest BCUT2D eigenvalue weighted by molar-refractivity contribution is -0.144. The Kier molecular flexibility index (Phi) is 3.28. The van der Waals surface area contributed by atoms with Crippen molar-refractivity contribution in [2.24, 2.45) is 0 Å². The van der Waals surface area contributed by atoms with Gasteiger partial charge in [0.15, 0.2) is 0 Å². The van der Waals surface area contributed by atoms with E-state index < -0.39 is 5.97 Å². The predicted molar refractivity (Wildman–Crippen MR) is 47.3 cm³/mol. The quantitative estimate of drug-likeness (QED) is 0.663. The summed E-state index contributed by atoms with van der Waals surface area (Å²) in [5, 5.41) is 8.46. The fourth-order valence-corrected chi connectivity index (χ4v) is 1.82. The minimum atomic E-state index is -1.04. The largest absolute Gasteiger partial charge is 0.481 e. The number of carbonyl (C=O) groups excluding carboxylic acids is 1. The molecule has 4 heteroatoms. The molecule has 1 saturated heterocycles. The van der Waals surface area contributed by atoms with Crippen molar-refractivity contribution in [1.29, 1.82) is 0 Å². The topological polar surface area (TPSA) is 57.6 Å². The molecular formula is C9H15NO3. The van der Waals surface area contributed by atoms with Crippen LogP contribution in [0, 0.1) is 0 Å². The van der Waals surface area contributed by atoms with E-state index in [9.17, 15) is 9.59 Å². The van der Waals surface area contributed by atoms with Crippen molar-refractivity contribution in [1.82, 2.24) is 4.90 Å². The number of hydrogen-bond acceptors (Lipinski definition) is 2. The molecule has 0 aromatic carbocycles. The van der Waals surface area contributed by atoms with E-state index in [4.69, 9.17) is 5.11 Å². The van der Waals surface area contributed by atoms with Crippen LogP contribution in [0.3, 0.4) is 0 Å². The molecule has 1 fully saturated rings. The summed E-state index contributed by atoms with van der Waals surface area (Å²) in [6.45, 7) is 2.75. The van der Waals surface area contributed by atoms with Gasteiger partial charge in [0.1, 0.15) is 6.42 Å². The van der Waals surface area contributed by atoms with Crippen molar-refractivity contribution in [2.45, 2.75) is 38.6 Å². The van der Waals surface area contributed by atoms with Crippen LogP contribution in [0.4, 0.5) is 0 Å². The molecule has 0 spiro atoms. The molecule has 4 nitrogen and oxygen atoms in total. The maximum absolute atomic E-state index is 11.4. The third kappa shape index (κ3) is 2.44. The summed E-state index contributed by atoms with van der Waals surface area (Å²) in [5.41, 5.74) is 0. The molecule has 0 saturated carbocycles. The average molecular weight is 185 g/mol. The van der Waals surface area contributed by atoms with E-state index in [0.29, 0.717) is 0 Å². The highest BCUT2D eigenvalue weighted by Crippen LogP contribution is 2.20. The highest BCUT2D eigenvalue weighted by Gasteiger charge is 2.27. The van der Waals surface area contributed by atoms with Crippen molar-refractivity contribution in [3.05, 3.63) is 0 Å². The van der Waals surface area contributed by atoms with Crippen LogP contribution in [0.5, 0.6) is 0 Å². The summed E-state index contributed by atoms with van der Waals surface area (Å²) in [4.78, 5) is 23.4. The van der Waals surface area contributed by atoms with Gasteiger partial charge in [-0.1, -0.05) is 6.92 Å². The molecule has 74 valence electrons. The molecule has 1 unspecified atom stereocenters. The molecule has 0 aromatic heterocycles. The fourth-order valence-electron chi connectivity index (χ4n) is 1.82. The number of rotatable bonds is 3. The lowest BCUT2D eigenvalue weighted by atomic mass is 10.1. The normalized spacial score (nSPS) is 21.9. The van der Waals surface area contributed by atoms with Gasteiger partial charge in [0, 0.05) is 12.6 Å². The van der Waals surface area contributed by atoms with Crippen molar-refractivity contribution < 1.29 is 14.7 Å². The SMILES string of the molecule is CCC1CCCN1C(=O)CC(=O)O. The maximum atomic E-state index is 11.4. The molecular weight excluding hydrogens is 170 g/mol. The Morgan fingerprint density at radius 3 is 2.77 bits per heavy atom. The van der Waals surface area contributed by atoms with Gasteiger partial charge in [0.05, 0.1) is 0 Å². The summed E-state index contributed by atoms with van der Waals surface area (Å²) in [5.74, 6) is -1.27. The second-order valence-electron chi connectivity index (χ2n) is 3.36. The van der Waals surface area contributed by atoms with Crippen molar-refractivity contribution in [3.8, 4) is 0 Å². The van der Waals surface area contributed by atoms with Gasteiger partial charge >= 0.3 is 5.97 Å². The Balaban J connectivity index is 2.50. The molecule has 1 rings (SSSR count). The lowest BCUT2D eigenvalue weighted by Gasteiger charge is -2.22. The van der Waals surface area contributed by atoms with E-state index in [0.717, 1.165) is 25.8 Å². The standard InChI is InChI=1S/C9H15NO3/c1-2-7-4-3-5-10(7)8(11)6-9(12)13/h7H,2-6H2,1H3,(H,12,13). The Morgan fingerprint density at radius 1 is 1.54 bits per heavy atom. The second kappa shape index (κ2) is 4.25. The minimum absolute atomic E-state index is 0.239. The minimum Gasteiger partial charge on any atom is -0.481 e. The van der Waals surface area contributed by atoms with Gasteiger partial charge in [-0.25, -0.2) is 0 Å². The van der Waals surface area contributed by atoms with Gasteiger partial charge in [0.2, 0.25) is 5.91 Å². The summed E-state index contributed by atoms with van der Waals surface area (Å²) in [7, 11) is 0. The number of hydrogen-bond donors (Lipinski definition) is 1. The number of aliphatic carboxylic acids is 1. The van der Waals surface area contributed by atoms with Crippen LogP contribution in [0.25, 0.3) is 0 Å². The van der Waals surface area contributed by atoms with Crippen LogP contribution in [0.2, 0.25) is 0 Å². The average Bonchev–Trinajstić information content (AvgIpc) is 2.49. The van der Waals surface area contributed by atoms with E-state index in [-0.39, 0.29) is 18.4 Å². The summed E-state index contributed by atoms with van der Waals surface area (Å²) < 4.78 is 0. The predicted octanol–water partition coefficient (Wildman–Crippen LogP) is 0.862. The summed E-state index contributed by atoms with van der Waals surface area (Å²) in [6.07, 6.45) is 2.58. The van der Waals surface area contributed by atoms with E-state index >= 15 is 0 Å². The first-order chi connectivity index (χ1) is 6.15. The van der Waals surface area contributed by atoms with Gasteiger partial charge in [-0.15, -0.1) is 0 Å². The second-order valence-corrected chi connectivity index (χ2v) is 3.36. The first kappa shape index (κ1) is 10.0. The van der Waals surface area contributed by atoms with E-state index in [1.807, 2.05) is 6.92 Å². The number of likely N-dealkylation sites (tertiary alicyclic amines) is 1. The molecule has 1 heterocycles. The molecule has 1 N–H and O–H groups in total. The summed E-state index contributed by atoms with van der Waals surface area (Å²) in [6, 6.07) is 0.270. The van der Waals surface area contributed by atoms with Gasteiger partial charge in [-0.2, -0.15) is 0 Å². The van der Waals surface area contributed by atoms with Crippen molar-refractivity contribution in [3.63, 3.8) is 0 Å². The number of carboxylic acid groups (broad SMARTS) is 1. The molecule has 1 aliphatic heterocycles. The van der Waals surface area contributed by atoms with E-state index in [2.05, 4.69) is 0 Å². The molecule has 0 aliphatic carbocycles. The smallest absolute Gasteiger partial charge is 0.312 e. The third-order valence-electron chi connectivity index (χ3n) is 2.47. The zero-order chi connectivity index (χ0) is 9.84. The van der Waals surface area contributed by atoms with Gasteiger partial charge in [-0.05, 0) is 19.3 Å². The maximum Gasteiger partial charge on any atom is 0.312 e. The van der Waals surface area contributed by atoms with Crippen LogP contribution in [-0.2, 0) is 9.59 Å². The van der Waals surface area contributed by atoms with Gasteiger partial charge < -0.3 is 10.0 Å². The highest BCUT2D eigenvalue weighted by molar-refractivity contribution is 5.93. The van der Waals surface area contributed by atoms with Crippen molar-refractivity contribution in [2.75, 3.05) is 6.54 Å². The number of carboxylic acids is 1. The Hall–Kier alpha value is -1.06. The van der Waals surface area contributed by atoms with E-state index in [1.165, 1.54) is 0 Å². The highest BCUT2D eigenvalue weighted by atomic mass is 16.4. The van der Waals surface area contributed by atoms with Gasteiger partial charge in [-0.3, -0.25) is 9.59 Å². The Morgan fingerprint density at radius 2 is 2.23 bits per heavy atom. The number of carbonyl (C=O) groups is 2. The van der Waals surface area contributed by atoms with Gasteiger partial charge in [0.25, 0.3) is 0 Å². The van der Waals surface area contributed by atoms with Crippen LogP contribution < -0.4 is 0 Å². The van der Waals surface area contributed by atoms with Crippen LogP contribution >= 0.6 is 0 Å². The zero-order valence-corrected chi connectivity index (χ0v) is 7.82. The molecule has 1 amide bonds. The molecule has 0 radical (unpaired) electrons. The lowest BCUT2D eigenvalue weighted by Crippen LogP contribution is -2.36. The number of nitrogens with zero attached hydrogens (tertiary/aromatic N) is 1. The Bertz CT molecular complexity index is 215.